The van der Waals surface area contributed by atoms with Gasteiger partial charge in [0.1, 0.15) is 5.82 Å². The van der Waals surface area contributed by atoms with E-state index in [1.807, 2.05) is 42.5 Å². The third-order valence-corrected chi connectivity index (χ3v) is 5.47. The summed E-state index contributed by atoms with van der Waals surface area (Å²) in [5, 5.41) is 3.41. The molecule has 1 N–H and O–H groups in total. The van der Waals surface area contributed by atoms with Crippen LogP contribution < -0.4 is 5.32 Å². The lowest BCUT2D eigenvalue weighted by Gasteiger charge is -2.32. The number of hydrogen-bond donors (Lipinski definition) is 1. The first-order chi connectivity index (χ1) is 12.3. The van der Waals surface area contributed by atoms with Crippen LogP contribution in [0, 0.1) is 5.82 Å². The second-order valence-electron chi connectivity index (χ2n) is 7.14. The first-order valence-corrected chi connectivity index (χ1v) is 9.30. The average molecular weight is 376 g/mol. The summed E-state index contributed by atoms with van der Waals surface area (Å²) in [6.45, 7) is 7.28. The maximum Gasteiger partial charge on any atom is 0.128 e. The summed E-state index contributed by atoms with van der Waals surface area (Å²) in [6, 6.07) is 16.3. The Morgan fingerprint density at radius 2 is 1.73 bits per heavy atom. The summed E-state index contributed by atoms with van der Waals surface area (Å²) in [5.41, 5.74) is 2.82. The zero-order valence-electron chi connectivity index (χ0n) is 15.0. The Morgan fingerprint density at radius 1 is 0.962 bits per heavy atom. The SMILES string of the molecule is Cl.Fc1cc(-c2ccccc2)ccc1CN1CCC(N2CCNCC2)C1. The molecule has 1 atom stereocenters. The predicted octanol–water partition coefficient (Wildman–Crippen LogP) is 3.39. The van der Waals surface area contributed by atoms with Crippen LogP contribution in [0.5, 0.6) is 0 Å². The molecule has 2 heterocycles. The average Bonchev–Trinajstić information content (AvgIpc) is 3.13. The molecular weight excluding hydrogens is 349 g/mol. The second-order valence-corrected chi connectivity index (χ2v) is 7.14. The molecule has 3 nitrogen and oxygen atoms in total. The van der Waals surface area contributed by atoms with Gasteiger partial charge in [-0.1, -0.05) is 42.5 Å². The Kier molecular flexibility index (Phi) is 6.65. The normalized spacial score (nSPS) is 21.5. The Morgan fingerprint density at radius 3 is 2.46 bits per heavy atom. The molecule has 140 valence electrons. The molecule has 0 aliphatic carbocycles. The maximum absolute atomic E-state index is 14.6. The van der Waals surface area contributed by atoms with Gasteiger partial charge >= 0.3 is 0 Å². The number of hydrogen-bond acceptors (Lipinski definition) is 3. The van der Waals surface area contributed by atoms with Gasteiger partial charge in [-0.2, -0.15) is 0 Å². The van der Waals surface area contributed by atoms with E-state index in [0.29, 0.717) is 12.6 Å². The zero-order valence-corrected chi connectivity index (χ0v) is 15.9. The Bertz CT molecular complexity index is 704. The molecule has 2 saturated heterocycles. The van der Waals surface area contributed by atoms with E-state index in [-0.39, 0.29) is 18.2 Å². The summed E-state index contributed by atoms with van der Waals surface area (Å²) >= 11 is 0. The van der Waals surface area contributed by atoms with E-state index in [1.165, 1.54) is 6.42 Å². The van der Waals surface area contributed by atoms with E-state index < -0.39 is 0 Å². The molecule has 2 aliphatic rings. The van der Waals surface area contributed by atoms with Crippen LogP contribution in [-0.4, -0.2) is 55.1 Å². The van der Waals surface area contributed by atoms with Crippen LogP contribution in [0.25, 0.3) is 11.1 Å². The molecule has 4 rings (SSSR count). The highest BCUT2D eigenvalue weighted by molar-refractivity contribution is 5.85. The smallest absolute Gasteiger partial charge is 0.128 e. The minimum absolute atomic E-state index is 0. The van der Waals surface area contributed by atoms with Crippen LogP contribution in [0.2, 0.25) is 0 Å². The van der Waals surface area contributed by atoms with Crippen molar-refractivity contribution in [3.63, 3.8) is 0 Å². The molecule has 2 aromatic rings. The first-order valence-electron chi connectivity index (χ1n) is 9.30. The van der Waals surface area contributed by atoms with Gasteiger partial charge in [0.05, 0.1) is 0 Å². The molecule has 0 aromatic heterocycles. The van der Waals surface area contributed by atoms with E-state index in [0.717, 1.165) is 56.0 Å². The minimum atomic E-state index is -0.0908. The molecule has 0 bridgehead atoms. The van der Waals surface area contributed by atoms with Gasteiger partial charge < -0.3 is 5.32 Å². The molecule has 0 spiro atoms. The number of nitrogens with one attached hydrogen (secondary N) is 1. The van der Waals surface area contributed by atoms with Crippen LogP contribution in [0.4, 0.5) is 4.39 Å². The van der Waals surface area contributed by atoms with Crippen molar-refractivity contribution in [3.8, 4) is 11.1 Å². The van der Waals surface area contributed by atoms with Crippen molar-refractivity contribution in [2.24, 2.45) is 0 Å². The van der Waals surface area contributed by atoms with Gasteiger partial charge in [-0.15, -0.1) is 12.4 Å². The lowest BCUT2D eigenvalue weighted by atomic mass is 10.0. The lowest BCUT2D eigenvalue weighted by Crippen LogP contribution is -2.49. The first kappa shape index (κ1) is 19.3. The van der Waals surface area contributed by atoms with Crippen LogP contribution in [0.15, 0.2) is 48.5 Å². The number of benzene rings is 2. The van der Waals surface area contributed by atoms with Crippen molar-refractivity contribution in [3.05, 3.63) is 59.9 Å². The monoisotopic (exact) mass is 375 g/mol. The largest absolute Gasteiger partial charge is 0.314 e. The minimum Gasteiger partial charge on any atom is -0.314 e. The molecule has 1 unspecified atom stereocenters. The van der Waals surface area contributed by atoms with E-state index >= 15 is 0 Å². The predicted molar refractivity (Wildman–Crippen MR) is 107 cm³/mol. The number of nitrogens with zero attached hydrogens (tertiary/aromatic N) is 2. The molecule has 2 aromatic carbocycles. The quantitative estimate of drug-likeness (QED) is 0.883. The highest BCUT2D eigenvalue weighted by atomic mass is 35.5. The summed E-state index contributed by atoms with van der Waals surface area (Å²) < 4.78 is 14.6. The van der Waals surface area contributed by atoms with Gasteiger partial charge in [0.15, 0.2) is 0 Å². The van der Waals surface area contributed by atoms with Crippen LogP contribution in [0.1, 0.15) is 12.0 Å². The molecule has 0 saturated carbocycles. The van der Waals surface area contributed by atoms with Crippen molar-refractivity contribution in [1.29, 1.82) is 0 Å². The van der Waals surface area contributed by atoms with Crippen molar-refractivity contribution < 1.29 is 4.39 Å². The molecular formula is C21H27ClFN3. The summed E-state index contributed by atoms with van der Waals surface area (Å²) in [6.07, 6.45) is 1.20. The number of likely N-dealkylation sites (tertiary alicyclic amines) is 1. The second kappa shape index (κ2) is 8.96. The highest BCUT2D eigenvalue weighted by Gasteiger charge is 2.28. The maximum atomic E-state index is 14.6. The van der Waals surface area contributed by atoms with Gasteiger partial charge in [0, 0.05) is 57.4 Å². The van der Waals surface area contributed by atoms with Crippen molar-refractivity contribution in [2.45, 2.75) is 19.0 Å². The molecule has 5 heteroatoms. The van der Waals surface area contributed by atoms with Crippen molar-refractivity contribution in [2.75, 3.05) is 39.3 Å². The molecule has 0 amide bonds. The van der Waals surface area contributed by atoms with E-state index in [2.05, 4.69) is 15.1 Å². The Labute approximate surface area is 161 Å². The van der Waals surface area contributed by atoms with Gasteiger partial charge in [0.2, 0.25) is 0 Å². The Balaban J connectivity index is 0.00000196. The molecule has 0 radical (unpaired) electrons. The topological polar surface area (TPSA) is 18.5 Å². The van der Waals surface area contributed by atoms with Crippen molar-refractivity contribution in [1.82, 2.24) is 15.1 Å². The summed E-state index contributed by atoms with van der Waals surface area (Å²) in [7, 11) is 0. The third-order valence-electron chi connectivity index (χ3n) is 5.47. The summed E-state index contributed by atoms with van der Waals surface area (Å²) in [5.74, 6) is -0.0908. The zero-order chi connectivity index (χ0) is 17.1. The standard InChI is InChI=1S/C21H26FN3.ClH/c22-21-14-18(17-4-2-1-3-5-17)6-7-19(21)15-24-11-8-20(16-24)25-12-9-23-10-13-25;/h1-7,14,20,23H,8-13,15-16H2;1H. The number of halogens is 2. The summed E-state index contributed by atoms with van der Waals surface area (Å²) in [4.78, 5) is 4.98. The number of piperazine rings is 1. The fourth-order valence-corrected chi connectivity index (χ4v) is 4.03. The van der Waals surface area contributed by atoms with Gasteiger partial charge in [0.25, 0.3) is 0 Å². The third kappa shape index (κ3) is 4.44. The molecule has 26 heavy (non-hydrogen) atoms. The van der Waals surface area contributed by atoms with Crippen LogP contribution in [0.3, 0.4) is 0 Å². The van der Waals surface area contributed by atoms with E-state index in [9.17, 15) is 4.39 Å². The van der Waals surface area contributed by atoms with E-state index in [4.69, 9.17) is 0 Å². The van der Waals surface area contributed by atoms with E-state index in [1.54, 1.807) is 6.07 Å². The molecule has 2 aliphatic heterocycles. The van der Waals surface area contributed by atoms with Gasteiger partial charge in [-0.3, -0.25) is 9.80 Å². The van der Waals surface area contributed by atoms with Crippen LogP contribution >= 0.6 is 12.4 Å². The number of rotatable bonds is 4. The Hall–Kier alpha value is -1.46. The highest BCUT2D eigenvalue weighted by Crippen LogP contribution is 2.24. The van der Waals surface area contributed by atoms with Gasteiger partial charge in [-0.05, 0) is 23.6 Å². The fourth-order valence-electron chi connectivity index (χ4n) is 4.03. The lowest BCUT2D eigenvalue weighted by molar-refractivity contribution is 0.170. The van der Waals surface area contributed by atoms with Crippen molar-refractivity contribution >= 4 is 12.4 Å². The fraction of sp³-hybridized carbons (Fsp3) is 0.429. The molecule has 2 fully saturated rings. The van der Waals surface area contributed by atoms with Gasteiger partial charge in [-0.25, -0.2) is 4.39 Å². The van der Waals surface area contributed by atoms with Crippen LogP contribution in [-0.2, 0) is 6.54 Å².